The Morgan fingerprint density at radius 3 is 2.50 bits per heavy atom. The highest BCUT2D eigenvalue weighted by atomic mass is 16.1. The molecule has 3 heteroatoms. The maximum atomic E-state index is 12.5. The number of benzene rings is 2. The van der Waals surface area contributed by atoms with E-state index in [4.69, 9.17) is 0 Å². The summed E-state index contributed by atoms with van der Waals surface area (Å²) in [5.74, 6) is 0.529. The summed E-state index contributed by atoms with van der Waals surface area (Å²) < 4.78 is 0. The van der Waals surface area contributed by atoms with Crippen LogP contribution in [0.25, 0.3) is 0 Å². The van der Waals surface area contributed by atoms with Gasteiger partial charge in [-0.3, -0.25) is 9.69 Å². The number of carbonyl (C=O) groups is 1. The average molecular weight is 351 g/mol. The number of carbonyl (C=O) groups excluding carboxylic acids is 1. The average Bonchev–Trinajstić information content (AvgIpc) is 3.08. The minimum atomic E-state index is 0.157. The molecule has 0 aliphatic heterocycles. The van der Waals surface area contributed by atoms with Crippen molar-refractivity contribution in [3.63, 3.8) is 0 Å². The van der Waals surface area contributed by atoms with Crippen molar-refractivity contribution in [3.8, 4) is 0 Å². The number of fused-ring (bicyclic) bond motifs is 1. The van der Waals surface area contributed by atoms with E-state index in [9.17, 15) is 4.79 Å². The Morgan fingerprint density at radius 1 is 1.04 bits per heavy atom. The molecule has 0 radical (unpaired) electrons. The quantitative estimate of drug-likeness (QED) is 0.771. The molecule has 1 atom stereocenters. The second kappa shape index (κ2) is 9.00. The maximum absolute atomic E-state index is 12.5. The number of hydrogen-bond donors (Lipinski definition) is 1. The Kier molecular flexibility index (Phi) is 6.45. The van der Waals surface area contributed by atoms with E-state index in [0.717, 1.165) is 32.5 Å². The summed E-state index contributed by atoms with van der Waals surface area (Å²) in [6.07, 6.45) is 2.78. The van der Waals surface area contributed by atoms with Gasteiger partial charge in [-0.2, -0.15) is 0 Å². The summed E-state index contributed by atoms with van der Waals surface area (Å²) in [4.78, 5) is 14.9. The third-order valence-corrected chi connectivity index (χ3v) is 5.57. The summed E-state index contributed by atoms with van der Waals surface area (Å²) in [6, 6.07) is 17.0. The molecule has 0 spiro atoms. The third kappa shape index (κ3) is 4.53. The molecule has 3 nitrogen and oxygen atoms in total. The van der Waals surface area contributed by atoms with E-state index < -0.39 is 0 Å². The van der Waals surface area contributed by atoms with Gasteiger partial charge in [0, 0.05) is 19.5 Å². The standard InChI is InChI=1S/C23H30N2O/c1-3-25(4-2)17-21-11-6-5-10-20(21)16-24-23(26)15-19-14-13-18-9-7-8-12-22(18)19/h5-12,19H,3-4,13-17H2,1-2H3,(H,24,26). The lowest BCUT2D eigenvalue weighted by molar-refractivity contribution is -0.121. The second-order valence-electron chi connectivity index (χ2n) is 7.15. The minimum Gasteiger partial charge on any atom is -0.352 e. The molecule has 1 N–H and O–H groups in total. The monoisotopic (exact) mass is 350 g/mol. The lowest BCUT2D eigenvalue weighted by Crippen LogP contribution is -2.26. The number of aryl methyl sites for hydroxylation is 1. The largest absolute Gasteiger partial charge is 0.352 e. The summed E-state index contributed by atoms with van der Waals surface area (Å²) in [7, 11) is 0. The fraction of sp³-hybridized carbons (Fsp3) is 0.435. The van der Waals surface area contributed by atoms with Crippen LogP contribution >= 0.6 is 0 Å². The van der Waals surface area contributed by atoms with Crippen molar-refractivity contribution in [1.82, 2.24) is 10.2 Å². The number of nitrogens with one attached hydrogen (secondary N) is 1. The SMILES string of the molecule is CCN(CC)Cc1ccccc1CNC(=O)CC1CCc2ccccc21. The van der Waals surface area contributed by atoms with E-state index in [1.54, 1.807) is 0 Å². The summed E-state index contributed by atoms with van der Waals surface area (Å²) in [5.41, 5.74) is 5.31. The van der Waals surface area contributed by atoms with Crippen molar-refractivity contribution in [2.24, 2.45) is 0 Å². The first-order valence-electron chi connectivity index (χ1n) is 9.84. The van der Waals surface area contributed by atoms with Crippen molar-refractivity contribution in [3.05, 3.63) is 70.8 Å². The first kappa shape index (κ1) is 18.7. The predicted molar refractivity (Wildman–Crippen MR) is 107 cm³/mol. The molecular weight excluding hydrogens is 320 g/mol. The van der Waals surface area contributed by atoms with Crippen molar-refractivity contribution < 1.29 is 4.79 Å². The van der Waals surface area contributed by atoms with Gasteiger partial charge < -0.3 is 5.32 Å². The fourth-order valence-electron chi connectivity index (χ4n) is 3.92. The molecule has 0 saturated carbocycles. The van der Waals surface area contributed by atoms with Crippen LogP contribution < -0.4 is 5.32 Å². The van der Waals surface area contributed by atoms with E-state index >= 15 is 0 Å². The molecule has 1 unspecified atom stereocenters. The molecular formula is C23H30N2O. The van der Waals surface area contributed by atoms with Gasteiger partial charge in [-0.25, -0.2) is 0 Å². The smallest absolute Gasteiger partial charge is 0.220 e. The summed E-state index contributed by atoms with van der Waals surface area (Å²) in [5, 5.41) is 3.15. The van der Waals surface area contributed by atoms with Crippen LogP contribution in [0.1, 0.15) is 54.9 Å². The number of hydrogen-bond acceptors (Lipinski definition) is 2. The Hall–Kier alpha value is -2.13. The van der Waals surface area contributed by atoms with Crippen LogP contribution in [0.2, 0.25) is 0 Å². The van der Waals surface area contributed by atoms with Crippen LogP contribution in [0, 0.1) is 0 Å². The normalized spacial score (nSPS) is 15.9. The molecule has 1 amide bonds. The zero-order valence-corrected chi connectivity index (χ0v) is 16.0. The lowest BCUT2D eigenvalue weighted by Gasteiger charge is -2.20. The van der Waals surface area contributed by atoms with Crippen molar-refractivity contribution in [2.75, 3.05) is 13.1 Å². The van der Waals surface area contributed by atoms with E-state index in [1.165, 1.54) is 22.3 Å². The highest BCUT2D eigenvalue weighted by Gasteiger charge is 2.24. The van der Waals surface area contributed by atoms with Crippen molar-refractivity contribution in [2.45, 2.75) is 52.1 Å². The van der Waals surface area contributed by atoms with Gasteiger partial charge in [0.05, 0.1) is 0 Å². The van der Waals surface area contributed by atoms with Crippen LogP contribution in [-0.2, 0) is 24.3 Å². The van der Waals surface area contributed by atoms with Crippen LogP contribution in [0.15, 0.2) is 48.5 Å². The highest BCUT2D eigenvalue weighted by molar-refractivity contribution is 5.77. The molecule has 2 aromatic rings. The topological polar surface area (TPSA) is 32.3 Å². The van der Waals surface area contributed by atoms with Gasteiger partial charge >= 0.3 is 0 Å². The van der Waals surface area contributed by atoms with Crippen LogP contribution in [0.3, 0.4) is 0 Å². The molecule has 2 aromatic carbocycles. The van der Waals surface area contributed by atoms with Gasteiger partial charge in [-0.15, -0.1) is 0 Å². The van der Waals surface area contributed by atoms with Gasteiger partial charge in [-0.1, -0.05) is 62.4 Å². The maximum Gasteiger partial charge on any atom is 0.220 e. The molecule has 0 bridgehead atoms. The second-order valence-corrected chi connectivity index (χ2v) is 7.15. The molecule has 26 heavy (non-hydrogen) atoms. The Morgan fingerprint density at radius 2 is 1.73 bits per heavy atom. The van der Waals surface area contributed by atoms with E-state index in [1.807, 2.05) is 0 Å². The molecule has 0 fully saturated rings. The van der Waals surface area contributed by atoms with Crippen LogP contribution in [0.5, 0.6) is 0 Å². The fourth-order valence-corrected chi connectivity index (χ4v) is 3.92. The lowest BCUT2D eigenvalue weighted by atomic mass is 9.97. The van der Waals surface area contributed by atoms with E-state index in [-0.39, 0.29) is 5.91 Å². The van der Waals surface area contributed by atoms with Crippen LogP contribution in [0.4, 0.5) is 0 Å². The van der Waals surface area contributed by atoms with Gasteiger partial charge in [-0.05, 0) is 54.1 Å². The summed E-state index contributed by atoms with van der Waals surface area (Å²) in [6.45, 7) is 8.01. The Bertz CT molecular complexity index is 736. The van der Waals surface area contributed by atoms with Gasteiger partial charge in [0.25, 0.3) is 0 Å². The Labute approximate surface area is 157 Å². The molecule has 1 aliphatic carbocycles. The summed E-state index contributed by atoms with van der Waals surface area (Å²) >= 11 is 0. The third-order valence-electron chi connectivity index (χ3n) is 5.57. The number of nitrogens with zero attached hydrogens (tertiary/aromatic N) is 1. The highest BCUT2D eigenvalue weighted by Crippen LogP contribution is 2.35. The zero-order valence-electron chi connectivity index (χ0n) is 16.0. The molecule has 3 rings (SSSR count). The first-order valence-corrected chi connectivity index (χ1v) is 9.84. The minimum absolute atomic E-state index is 0.157. The van der Waals surface area contributed by atoms with Gasteiger partial charge in [0.2, 0.25) is 5.91 Å². The Balaban J connectivity index is 1.57. The van der Waals surface area contributed by atoms with Gasteiger partial charge in [0.1, 0.15) is 0 Å². The van der Waals surface area contributed by atoms with Crippen molar-refractivity contribution >= 4 is 5.91 Å². The van der Waals surface area contributed by atoms with Crippen molar-refractivity contribution in [1.29, 1.82) is 0 Å². The zero-order chi connectivity index (χ0) is 18.4. The van der Waals surface area contributed by atoms with Gasteiger partial charge in [0.15, 0.2) is 0 Å². The molecule has 0 saturated heterocycles. The molecule has 1 aliphatic rings. The van der Waals surface area contributed by atoms with E-state index in [2.05, 4.69) is 72.6 Å². The molecule has 0 heterocycles. The first-order chi connectivity index (χ1) is 12.7. The predicted octanol–water partition coefficient (Wildman–Crippen LogP) is 4.26. The van der Waals surface area contributed by atoms with Crippen LogP contribution in [-0.4, -0.2) is 23.9 Å². The number of rotatable bonds is 8. The number of amides is 1. The molecule has 138 valence electrons. The van der Waals surface area contributed by atoms with E-state index in [0.29, 0.717) is 18.9 Å². The molecule has 0 aromatic heterocycles.